The molecule has 32 heavy (non-hydrogen) atoms. The highest BCUT2D eigenvalue weighted by molar-refractivity contribution is 6.34. The van der Waals surface area contributed by atoms with E-state index in [2.05, 4.69) is 20.6 Å². The summed E-state index contributed by atoms with van der Waals surface area (Å²) in [5.74, 6) is 0.298. The number of amides is 2. The predicted molar refractivity (Wildman–Crippen MR) is 125 cm³/mol. The monoisotopic (exact) mass is 467 g/mol. The van der Waals surface area contributed by atoms with E-state index < -0.39 is 0 Å². The molecule has 0 unspecified atom stereocenters. The molecule has 0 atom stereocenters. The van der Waals surface area contributed by atoms with Gasteiger partial charge in [-0.2, -0.15) is 0 Å². The lowest BCUT2D eigenvalue weighted by Gasteiger charge is -2.07. The van der Waals surface area contributed by atoms with Gasteiger partial charge in [-0.3, -0.25) is 9.59 Å². The maximum absolute atomic E-state index is 12.5. The zero-order chi connectivity index (χ0) is 22.7. The Bertz CT molecular complexity index is 1300. The van der Waals surface area contributed by atoms with E-state index in [0.717, 1.165) is 16.9 Å². The van der Waals surface area contributed by atoms with Gasteiger partial charge in [-0.1, -0.05) is 35.3 Å². The third-order valence-electron chi connectivity index (χ3n) is 4.97. The van der Waals surface area contributed by atoms with Crippen LogP contribution in [0.15, 0.2) is 60.8 Å². The standard InChI is InChI=1S/C23H19Cl2N5O2/c1-30-19-8-7-15(28-23(32)16-4-2-3-5-17(16)24)12-18(19)29-21(30)10-11-26-22(31)14-6-9-20(25)27-13-14/h2-9,12-13H,10-11H2,1H3,(H,26,31)(H,28,32). The summed E-state index contributed by atoms with van der Waals surface area (Å²) in [6, 6.07) is 15.6. The van der Waals surface area contributed by atoms with Crippen molar-refractivity contribution in [3.63, 3.8) is 0 Å². The minimum Gasteiger partial charge on any atom is -0.352 e. The molecule has 162 valence electrons. The normalized spacial score (nSPS) is 10.8. The molecule has 2 aromatic heterocycles. The third-order valence-corrected chi connectivity index (χ3v) is 5.53. The van der Waals surface area contributed by atoms with Gasteiger partial charge in [-0.05, 0) is 42.5 Å². The van der Waals surface area contributed by atoms with E-state index in [0.29, 0.717) is 40.0 Å². The number of hydrogen-bond acceptors (Lipinski definition) is 4. The Morgan fingerprint density at radius 1 is 1.03 bits per heavy atom. The second kappa shape index (κ2) is 9.38. The molecular formula is C23H19Cl2N5O2. The minimum atomic E-state index is -0.287. The molecule has 0 radical (unpaired) electrons. The van der Waals surface area contributed by atoms with Crippen molar-refractivity contribution in [3.05, 3.63) is 87.9 Å². The van der Waals surface area contributed by atoms with Gasteiger partial charge >= 0.3 is 0 Å². The van der Waals surface area contributed by atoms with E-state index >= 15 is 0 Å². The fraction of sp³-hybridized carbons (Fsp3) is 0.130. The predicted octanol–water partition coefficient (Wildman–Crippen LogP) is 4.50. The van der Waals surface area contributed by atoms with Crippen molar-refractivity contribution in [2.75, 3.05) is 11.9 Å². The van der Waals surface area contributed by atoms with Crippen LogP contribution in [0.4, 0.5) is 5.69 Å². The van der Waals surface area contributed by atoms with E-state index in [4.69, 9.17) is 23.2 Å². The lowest BCUT2D eigenvalue weighted by atomic mass is 10.2. The van der Waals surface area contributed by atoms with Crippen LogP contribution in [0, 0.1) is 0 Å². The van der Waals surface area contributed by atoms with Crippen LogP contribution in [0.2, 0.25) is 10.2 Å². The van der Waals surface area contributed by atoms with Gasteiger partial charge in [0.2, 0.25) is 0 Å². The summed E-state index contributed by atoms with van der Waals surface area (Å²) in [5.41, 5.74) is 3.13. The van der Waals surface area contributed by atoms with Crippen molar-refractivity contribution in [1.29, 1.82) is 0 Å². The Morgan fingerprint density at radius 2 is 1.84 bits per heavy atom. The number of pyridine rings is 1. The van der Waals surface area contributed by atoms with Crippen molar-refractivity contribution < 1.29 is 9.59 Å². The molecule has 2 amide bonds. The number of imidazole rings is 1. The van der Waals surface area contributed by atoms with Crippen LogP contribution >= 0.6 is 23.2 Å². The molecule has 9 heteroatoms. The van der Waals surface area contributed by atoms with Crippen LogP contribution in [0.1, 0.15) is 26.5 Å². The Morgan fingerprint density at radius 3 is 2.59 bits per heavy atom. The Labute approximate surface area is 194 Å². The van der Waals surface area contributed by atoms with Gasteiger partial charge in [0.25, 0.3) is 11.8 Å². The van der Waals surface area contributed by atoms with Gasteiger partial charge in [0.05, 0.1) is 27.2 Å². The van der Waals surface area contributed by atoms with E-state index in [1.807, 2.05) is 29.8 Å². The lowest BCUT2D eigenvalue weighted by Crippen LogP contribution is -2.26. The quantitative estimate of drug-likeness (QED) is 0.408. The molecule has 4 rings (SSSR count). The lowest BCUT2D eigenvalue weighted by molar-refractivity contribution is 0.0952. The number of fused-ring (bicyclic) bond motifs is 1. The summed E-state index contributed by atoms with van der Waals surface area (Å²) < 4.78 is 1.96. The second-order valence-corrected chi connectivity index (χ2v) is 7.89. The van der Waals surface area contributed by atoms with E-state index in [-0.39, 0.29) is 11.8 Å². The van der Waals surface area contributed by atoms with Crippen LogP contribution in [-0.4, -0.2) is 32.9 Å². The summed E-state index contributed by atoms with van der Waals surface area (Å²) in [4.78, 5) is 33.3. The summed E-state index contributed by atoms with van der Waals surface area (Å²) in [6.45, 7) is 0.411. The molecule has 0 spiro atoms. The van der Waals surface area contributed by atoms with Crippen molar-refractivity contribution >= 4 is 51.7 Å². The van der Waals surface area contributed by atoms with Crippen LogP contribution in [0.25, 0.3) is 11.0 Å². The first kappa shape index (κ1) is 21.8. The number of aryl methyl sites for hydroxylation is 1. The first-order valence-electron chi connectivity index (χ1n) is 9.83. The molecule has 0 aliphatic heterocycles. The summed E-state index contributed by atoms with van der Waals surface area (Å²) in [7, 11) is 1.91. The Kier molecular flexibility index (Phi) is 6.39. The highest BCUT2D eigenvalue weighted by Crippen LogP contribution is 2.22. The van der Waals surface area contributed by atoms with Gasteiger partial charge in [-0.15, -0.1) is 0 Å². The number of aromatic nitrogens is 3. The summed E-state index contributed by atoms with van der Waals surface area (Å²) in [5, 5.41) is 6.44. The van der Waals surface area contributed by atoms with Gasteiger partial charge in [0, 0.05) is 31.9 Å². The van der Waals surface area contributed by atoms with E-state index in [1.54, 1.807) is 36.4 Å². The van der Waals surface area contributed by atoms with Crippen molar-refractivity contribution in [2.45, 2.75) is 6.42 Å². The Hall–Kier alpha value is -3.42. The van der Waals surface area contributed by atoms with Crippen molar-refractivity contribution in [2.24, 2.45) is 7.05 Å². The van der Waals surface area contributed by atoms with Crippen LogP contribution < -0.4 is 10.6 Å². The average Bonchev–Trinajstić information content (AvgIpc) is 3.09. The number of halogens is 2. The first-order valence-corrected chi connectivity index (χ1v) is 10.6. The largest absolute Gasteiger partial charge is 0.352 e. The molecule has 0 bridgehead atoms. The van der Waals surface area contributed by atoms with Gasteiger partial charge in [0.1, 0.15) is 11.0 Å². The number of nitrogens with zero attached hydrogens (tertiary/aromatic N) is 3. The van der Waals surface area contributed by atoms with Gasteiger partial charge in [-0.25, -0.2) is 9.97 Å². The number of rotatable bonds is 6. The number of carbonyl (C=O) groups is 2. The number of nitrogens with one attached hydrogen (secondary N) is 2. The molecule has 0 aliphatic rings. The minimum absolute atomic E-state index is 0.225. The summed E-state index contributed by atoms with van der Waals surface area (Å²) in [6.07, 6.45) is 1.98. The highest BCUT2D eigenvalue weighted by atomic mass is 35.5. The van der Waals surface area contributed by atoms with E-state index in [9.17, 15) is 9.59 Å². The van der Waals surface area contributed by atoms with Crippen LogP contribution in [-0.2, 0) is 13.5 Å². The van der Waals surface area contributed by atoms with Crippen molar-refractivity contribution in [1.82, 2.24) is 19.9 Å². The fourth-order valence-corrected chi connectivity index (χ4v) is 3.63. The smallest absolute Gasteiger partial charge is 0.257 e. The van der Waals surface area contributed by atoms with Crippen molar-refractivity contribution in [3.8, 4) is 0 Å². The summed E-state index contributed by atoms with van der Waals surface area (Å²) >= 11 is 11.9. The van der Waals surface area contributed by atoms with Gasteiger partial charge < -0.3 is 15.2 Å². The SMILES string of the molecule is Cn1c(CCNC(=O)c2ccc(Cl)nc2)nc2cc(NC(=O)c3ccccc3Cl)ccc21. The molecule has 2 heterocycles. The molecular weight excluding hydrogens is 449 g/mol. The molecule has 0 saturated heterocycles. The fourth-order valence-electron chi connectivity index (χ4n) is 3.29. The highest BCUT2D eigenvalue weighted by Gasteiger charge is 2.13. The molecule has 0 fully saturated rings. The molecule has 0 aliphatic carbocycles. The maximum atomic E-state index is 12.5. The molecule has 2 N–H and O–H groups in total. The molecule has 4 aromatic rings. The number of carbonyl (C=O) groups excluding carboxylic acids is 2. The zero-order valence-corrected chi connectivity index (χ0v) is 18.6. The van der Waals surface area contributed by atoms with Crippen LogP contribution in [0.5, 0.6) is 0 Å². The second-order valence-electron chi connectivity index (χ2n) is 7.10. The number of hydrogen-bond donors (Lipinski definition) is 2. The molecule has 0 saturated carbocycles. The number of benzene rings is 2. The zero-order valence-electron chi connectivity index (χ0n) is 17.1. The number of anilines is 1. The molecule has 7 nitrogen and oxygen atoms in total. The maximum Gasteiger partial charge on any atom is 0.257 e. The topological polar surface area (TPSA) is 88.9 Å². The molecule has 2 aromatic carbocycles. The third kappa shape index (κ3) is 4.74. The average molecular weight is 468 g/mol. The van der Waals surface area contributed by atoms with E-state index in [1.165, 1.54) is 6.20 Å². The van der Waals surface area contributed by atoms with Crippen LogP contribution in [0.3, 0.4) is 0 Å². The first-order chi connectivity index (χ1) is 15.4. The Balaban J connectivity index is 1.43. The van der Waals surface area contributed by atoms with Gasteiger partial charge in [0.15, 0.2) is 0 Å².